The second-order valence-corrected chi connectivity index (χ2v) is 6.13. The predicted molar refractivity (Wildman–Crippen MR) is 89.2 cm³/mol. The molecule has 1 unspecified atom stereocenters. The normalized spacial score (nSPS) is 19.0. The molecule has 0 bridgehead atoms. The number of hydrogen-bond donors (Lipinski definition) is 1. The van der Waals surface area contributed by atoms with Gasteiger partial charge in [0.05, 0.1) is 12.4 Å². The molecule has 1 aliphatic rings. The van der Waals surface area contributed by atoms with Gasteiger partial charge in [-0.25, -0.2) is 4.98 Å². The first-order valence-corrected chi connectivity index (χ1v) is 8.28. The van der Waals surface area contributed by atoms with Crippen molar-refractivity contribution in [1.82, 2.24) is 24.3 Å². The summed E-state index contributed by atoms with van der Waals surface area (Å²) in [6.45, 7) is 3.06. The smallest absolute Gasteiger partial charge is 0.267 e. The summed E-state index contributed by atoms with van der Waals surface area (Å²) in [5, 5.41) is 2.71. The standard InChI is InChI=1S/C17H25N5O/c1-18-17(23)16-7-6-14(20(16)2)15-5-3-4-9-22(15)12-11-21-10-8-19-13-21/h6-8,10,13,15H,3-5,9,11-12H2,1-2H3,(H,18,23). The van der Waals surface area contributed by atoms with Crippen LogP contribution in [-0.2, 0) is 13.6 Å². The fraction of sp³-hybridized carbons (Fsp3) is 0.529. The number of aromatic nitrogens is 3. The van der Waals surface area contributed by atoms with Crippen LogP contribution in [0.1, 0.15) is 41.5 Å². The molecule has 1 saturated heterocycles. The zero-order valence-electron chi connectivity index (χ0n) is 13.9. The molecule has 124 valence electrons. The SMILES string of the molecule is CNC(=O)c1ccc(C2CCCCN2CCn2ccnc2)n1C. The fourth-order valence-electron chi connectivity index (χ4n) is 3.47. The molecule has 3 rings (SSSR count). The second kappa shape index (κ2) is 7.00. The Morgan fingerprint density at radius 3 is 2.96 bits per heavy atom. The van der Waals surface area contributed by atoms with Gasteiger partial charge in [0.2, 0.25) is 0 Å². The van der Waals surface area contributed by atoms with Crippen LogP contribution in [-0.4, -0.2) is 45.1 Å². The van der Waals surface area contributed by atoms with Crippen LogP contribution in [0.3, 0.4) is 0 Å². The van der Waals surface area contributed by atoms with E-state index in [1.807, 2.05) is 36.4 Å². The molecular formula is C17H25N5O. The molecule has 0 saturated carbocycles. The topological polar surface area (TPSA) is 55.1 Å². The number of nitrogens with zero attached hydrogens (tertiary/aromatic N) is 4. The molecule has 6 nitrogen and oxygen atoms in total. The summed E-state index contributed by atoms with van der Waals surface area (Å²) in [4.78, 5) is 18.6. The molecule has 2 aromatic heterocycles. The van der Waals surface area contributed by atoms with Gasteiger partial charge in [0.25, 0.3) is 5.91 Å². The van der Waals surface area contributed by atoms with E-state index in [0.717, 1.165) is 31.7 Å². The summed E-state index contributed by atoms with van der Waals surface area (Å²) in [5.41, 5.74) is 1.96. The molecule has 1 amide bonds. The molecule has 1 aliphatic heterocycles. The first-order chi connectivity index (χ1) is 11.2. The molecule has 6 heteroatoms. The van der Waals surface area contributed by atoms with Gasteiger partial charge in [-0.15, -0.1) is 0 Å². The minimum atomic E-state index is -0.0282. The maximum Gasteiger partial charge on any atom is 0.267 e. The first kappa shape index (κ1) is 15.8. The molecule has 0 aromatic carbocycles. The third-order valence-electron chi connectivity index (χ3n) is 4.78. The summed E-state index contributed by atoms with van der Waals surface area (Å²) < 4.78 is 4.16. The number of imidazole rings is 1. The molecule has 0 radical (unpaired) electrons. The molecule has 1 fully saturated rings. The Balaban J connectivity index is 1.75. The number of hydrogen-bond acceptors (Lipinski definition) is 3. The zero-order valence-corrected chi connectivity index (χ0v) is 13.9. The summed E-state index contributed by atoms with van der Waals surface area (Å²) in [6.07, 6.45) is 9.33. The highest BCUT2D eigenvalue weighted by Gasteiger charge is 2.26. The van der Waals surface area contributed by atoms with E-state index >= 15 is 0 Å². The number of nitrogens with one attached hydrogen (secondary N) is 1. The molecule has 1 N–H and O–H groups in total. The number of carbonyl (C=O) groups excluding carboxylic acids is 1. The number of piperidine rings is 1. The Morgan fingerprint density at radius 1 is 1.35 bits per heavy atom. The van der Waals surface area contributed by atoms with E-state index in [0.29, 0.717) is 6.04 Å². The fourth-order valence-corrected chi connectivity index (χ4v) is 3.47. The predicted octanol–water partition coefficient (Wildman–Crippen LogP) is 1.81. The van der Waals surface area contributed by atoms with E-state index in [4.69, 9.17) is 0 Å². The van der Waals surface area contributed by atoms with Crippen LogP contribution in [0.4, 0.5) is 0 Å². The Bertz CT molecular complexity index is 646. The van der Waals surface area contributed by atoms with Crippen LogP contribution in [0.15, 0.2) is 30.9 Å². The number of amides is 1. The zero-order chi connectivity index (χ0) is 16.2. The maximum atomic E-state index is 11.9. The lowest BCUT2D eigenvalue weighted by Gasteiger charge is -2.36. The van der Waals surface area contributed by atoms with Gasteiger partial charge >= 0.3 is 0 Å². The van der Waals surface area contributed by atoms with E-state index in [9.17, 15) is 4.79 Å². The molecule has 0 aliphatic carbocycles. The van der Waals surface area contributed by atoms with E-state index in [1.54, 1.807) is 7.05 Å². The van der Waals surface area contributed by atoms with Gasteiger partial charge in [-0.1, -0.05) is 6.42 Å². The third kappa shape index (κ3) is 3.32. The van der Waals surface area contributed by atoms with Crippen LogP contribution in [0.5, 0.6) is 0 Å². The Kier molecular flexibility index (Phi) is 4.81. The minimum Gasteiger partial charge on any atom is -0.354 e. The van der Waals surface area contributed by atoms with Crippen molar-refractivity contribution < 1.29 is 4.79 Å². The Hall–Kier alpha value is -2.08. The monoisotopic (exact) mass is 315 g/mol. The van der Waals surface area contributed by atoms with Crippen LogP contribution in [0.25, 0.3) is 0 Å². The van der Waals surface area contributed by atoms with Gasteiger partial charge in [0, 0.05) is 45.3 Å². The summed E-state index contributed by atoms with van der Waals surface area (Å²) >= 11 is 0. The highest BCUT2D eigenvalue weighted by Crippen LogP contribution is 2.31. The summed E-state index contributed by atoms with van der Waals surface area (Å²) in [6, 6.07) is 4.41. The van der Waals surface area contributed by atoms with E-state index < -0.39 is 0 Å². The molecular weight excluding hydrogens is 290 g/mol. The molecule has 0 spiro atoms. The third-order valence-corrected chi connectivity index (χ3v) is 4.78. The number of rotatable bonds is 5. The van der Waals surface area contributed by atoms with Crippen molar-refractivity contribution in [3.8, 4) is 0 Å². The Labute approximate surface area is 137 Å². The number of carbonyl (C=O) groups is 1. The van der Waals surface area contributed by atoms with Gasteiger partial charge in [-0.05, 0) is 31.5 Å². The van der Waals surface area contributed by atoms with E-state index in [-0.39, 0.29) is 5.91 Å². The lowest BCUT2D eigenvalue weighted by atomic mass is 9.99. The van der Waals surface area contributed by atoms with Gasteiger partial charge in [-0.2, -0.15) is 0 Å². The van der Waals surface area contributed by atoms with Crippen molar-refractivity contribution >= 4 is 5.91 Å². The quantitative estimate of drug-likeness (QED) is 0.915. The van der Waals surface area contributed by atoms with Crippen molar-refractivity contribution in [2.24, 2.45) is 7.05 Å². The molecule has 2 aromatic rings. The van der Waals surface area contributed by atoms with Gasteiger partial charge in [-0.3, -0.25) is 9.69 Å². The molecule has 3 heterocycles. The minimum absolute atomic E-state index is 0.0282. The van der Waals surface area contributed by atoms with Gasteiger partial charge in [0.1, 0.15) is 5.69 Å². The summed E-state index contributed by atoms with van der Waals surface area (Å²) in [7, 11) is 3.66. The van der Waals surface area contributed by atoms with Gasteiger partial charge < -0.3 is 14.5 Å². The van der Waals surface area contributed by atoms with Crippen molar-refractivity contribution in [2.75, 3.05) is 20.1 Å². The van der Waals surface area contributed by atoms with E-state index in [2.05, 4.69) is 25.8 Å². The van der Waals surface area contributed by atoms with Crippen LogP contribution in [0.2, 0.25) is 0 Å². The second-order valence-electron chi connectivity index (χ2n) is 6.13. The Morgan fingerprint density at radius 2 is 2.22 bits per heavy atom. The van der Waals surface area contributed by atoms with Crippen molar-refractivity contribution in [3.05, 3.63) is 42.2 Å². The average molecular weight is 315 g/mol. The first-order valence-electron chi connectivity index (χ1n) is 8.28. The van der Waals surface area contributed by atoms with Gasteiger partial charge in [0.15, 0.2) is 0 Å². The lowest BCUT2D eigenvalue weighted by molar-refractivity contribution is 0.0952. The van der Waals surface area contributed by atoms with E-state index in [1.165, 1.54) is 18.5 Å². The average Bonchev–Trinajstić information content (AvgIpc) is 3.22. The van der Waals surface area contributed by atoms with Crippen LogP contribution in [0, 0.1) is 0 Å². The summed E-state index contributed by atoms with van der Waals surface area (Å²) in [5.74, 6) is -0.0282. The highest BCUT2D eigenvalue weighted by molar-refractivity contribution is 5.92. The van der Waals surface area contributed by atoms with Crippen molar-refractivity contribution in [2.45, 2.75) is 31.8 Å². The van der Waals surface area contributed by atoms with Crippen LogP contribution >= 0.6 is 0 Å². The maximum absolute atomic E-state index is 11.9. The molecule has 23 heavy (non-hydrogen) atoms. The lowest BCUT2D eigenvalue weighted by Crippen LogP contribution is -2.36. The molecule has 1 atom stereocenters. The van der Waals surface area contributed by atoms with Crippen LogP contribution < -0.4 is 5.32 Å². The van der Waals surface area contributed by atoms with Crippen molar-refractivity contribution in [3.63, 3.8) is 0 Å². The number of likely N-dealkylation sites (tertiary alicyclic amines) is 1. The highest BCUT2D eigenvalue weighted by atomic mass is 16.1. The largest absolute Gasteiger partial charge is 0.354 e. The van der Waals surface area contributed by atoms with Crippen molar-refractivity contribution in [1.29, 1.82) is 0 Å².